The highest BCUT2D eigenvalue weighted by atomic mass is 19.4. The van der Waals surface area contributed by atoms with Gasteiger partial charge in [0, 0.05) is 43.2 Å². The molecule has 5 nitrogen and oxygen atoms in total. The van der Waals surface area contributed by atoms with Crippen LogP contribution in [0, 0.1) is 0 Å². The second-order valence-electron chi connectivity index (χ2n) is 8.10. The number of benzene rings is 1. The molecule has 164 valence electrons. The number of amides is 1. The minimum Gasteiger partial charge on any atom is -0.338 e. The molecule has 1 aliphatic heterocycles. The fourth-order valence-corrected chi connectivity index (χ4v) is 3.92. The van der Waals surface area contributed by atoms with E-state index in [2.05, 4.69) is 29.1 Å². The highest BCUT2D eigenvalue weighted by Gasteiger charge is 2.31. The second-order valence-corrected chi connectivity index (χ2v) is 8.10. The highest BCUT2D eigenvalue weighted by molar-refractivity contribution is 5.77. The van der Waals surface area contributed by atoms with Crippen LogP contribution in [0.25, 0.3) is 0 Å². The van der Waals surface area contributed by atoms with Gasteiger partial charge in [0.15, 0.2) is 0 Å². The number of aromatic amines is 1. The molecular weight excluding hydrogens is 393 g/mol. The van der Waals surface area contributed by atoms with Gasteiger partial charge in [0.1, 0.15) is 0 Å². The zero-order valence-corrected chi connectivity index (χ0v) is 17.5. The molecule has 0 aliphatic carbocycles. The Bertz CT molecular complexity index is 832. The highest BCUT2D eigenvalue weighted by Crippen LogP contribution is 2.31. The van der Waals surface area contributed by atoms with E-state index in [-0.39, 0.29) is 11.8 Å². The summed E-state index contributed by atoms with van der Waals surface area (Å²) in [5.41, 5.74) is 2.22. The molecule has 0 spiro atoms. The van der Waals surface area contributed by atoms with E-state index in [1.165, 1.54) is 12.1 Å². The average Bonchev–Trinajstić information content (AvgIpc) is 3.16. The van der Waals surface area contributed by atoms with Crippen LogP contribution in [0.15, 0.2) is 30.5 Å². The third kappa shape index (κ3) is 5.62. The largest absolute Gasteiger partial charge is 0.416 e. The van der Waals surface area contributed by atoms with Gasteiger partial charge in [-0.3, -0.25) is 9.89 Å². The van der Waals surface area contributed by atoms with Gasteiger partial charge in [0.2, 0.25) is 5.91 Å². The summed E-state index contributed by atoms with van der Waals surface area (Å²) >= 11 is 0. The van der Waals surface area contributed by atoms with Crippen molar-refractivity contribution < 1.29 is 18.0 Å². The first-order valence-corrected chi connectivity index (χ1v) is 10.4. The van der Waals surface area contributed by atoms with Crippen LogP contribution in [-0.2, 0) is 24.1 Å². The summed E-state index contributed by atoms with van der Waals surface area (Å²) in [5.74, 6) is 0.182. The van der Waals surface area contributed by atoms with Crippen molar-refractivity contribution in [3.8, 4) is 0 Å². The minimum atomic E-state index is -4.36. The Hall–Kier alpha value is -2.35. The van der Waals surface area contributed by atoms with E-state index in [0.29, 0.717) is 25.1 Å². The van der Waals surface area contributed by atoms with Crippen LogP contribution in [0.4, 0.5) is 13.2 Å². The molecule has 2 aromatic rings. The first-order chi connectivity index (χ1) is 14.3. The predicted octanol–water partition coefficient (Wildman–Crippen LogP) is 4.57. The lowest BCUT2D eigenvalue weighted by atomic mass is 9.91. The molecule has 1 fully saturated rings. The van der Waals surface area contributed by atoms with E-state index < -0.39 is 11.7 Å². The van der Waals surface area contributed by atoms with Gasteiger partial charge < -0.3 is 9.80 Å². The lowest BCUT2D eigenvalue weighted by molar-refractivity contribution is -0.138. The number of H-pyrrole nitrogens is 1. The van der Waals surface area contributed by atoms with Gasteiger partial charge in [-0.1, -0.05) is 25.5 Å². The van der Waals surface area contributed by atoms with Crippen LogP contribution in [-0.4, -0.2) is 46.0 Å². The molecule has 3 rings (SSSR count). The molecule has 1 aliphatic rings. The number of alkyl halides is 3. The summed E-state index contributed by atoms with van der Waals surface area (Å²) in [4.78, 5) is 16.4. The number of carbonyl (C=O) groups excluding carboxylic acids is 1. The van der Waals surface area contributed by atoms with Gasteiger partial charge in [-0.15, -0.1) is 0 Å². The molecule has 8 heteroatoms. The second kappa shape index (κ2) is 9.64. The molecule has 1 aromatic heterocycles. The van der Waals surface area contributed by atoms with E-state index in [1.54, 1.807) is 4.90 Å². The molecule has 1 aromatic carbocycles. The Labute approximate surface area is 175 Å². The van der Waals surface area contributed by atoms with E-state index >= 15 is 0 Å². The summed E-state index contributed by atoms with van der Waals surface area (Å²) in [7, 11) is 2.09. The molecule has 1 atom stereocenters. The zero-order valence-electron chi connectivity index (χ0n) is 17.5. The number of rotatable bonds is 8. The van der Waals surface area contributed by atoms with Crippen LogP contribution in [0.5, 0.6) is 0 Å². The van der Waals surface area contributed by atoms with E-state index in [0.717, 1.165) is 55.7 Å². The van der Waals surface area contributed by atoms with Crippen molar-refractivity contribution in [3.05, 3.63) is 52.8 Å². The number of unbranched alkanes of at least 4 members (excludes halogenated alkanes) is 1. The fraction of sp³-hybridized carbons (Fsp3) is 0.545. The van der Waals surface area contributed by atoms with Gasteiger partial charge in [-0.05, 0) is 44.1 Å². The zero-order chi connectivity index (χ0) is 21.7. The standard InChI is InChI=1S/C22H29F3N4O/c1-3-4-11-28(2)14-18-12-26-27-21(18)17-7-10-20(30)29(15-17)13-16-5-8-19(9-6-16)22(23,24)25/h5-6,8-9,12,17H,3-4,7,10-11,13-15H2,1-2H3,(H,26,27). The summed E-state index contributed by atoms with van der Waals surface area (Å²) < 4.78 is 38.3. The maximum absolute atomic E-state index is 12.8. The van der Waals surface area contributed by atoms with Gasteiger partial charge in [0.25, 0.3) is 0 Å². The topological polar surface area (TPSA) is 52.2 Å². The van der Waals surface area contributed by atoms with E-state index in [4.69, 9.17) is 0 Å². The smallest absolute Gasteiger partial charge is 0.338 e. The molecule has 1 N–H and O–H groups in total. The minimum absolute atomic E-state index is 0.0345. The van der Waals surface area contributed by atoms with Crippen molar-refractivity contribution >= 4 is 5.91 Å². The Morgan fingerprint density at radius 3 is 2.67 bits per heavy atom. The number of piperidine rings is 1. The van der Waals surface area contributed by atoms with Crippen LogP contribution in [0.1, 0.15) is 60.9 Å². The Morgan fingerprint density at radius 2 is 2.00 bits per heavy atom. The summed E-state index contributed by atoms with van der Waals surface area (Å²) in [6.45, 7) is 4.84. The van der Waals surface area contributed by atoms with E-state index in [1.807, 2.05) is 6.20 Å². The SMILES string of the molecule is CCCCN(C)Cc1cn[nH]c1C1CCC(=O)N(Cc2ccc(C(F)(F)F)cc2)C1. The van der Waals surface area contributed by atoms with Crippen LogP contribution >= 0.6 is 0 Å². The van der Waals surface area contributed by atoms with Crippen LogP contribution < -0.4 is 0 Å². The van der Waals surface area contributed by atoms with Crippen LogP contribution in [0.3, 0.4) is 0 Å². The Balaban J connectivity index is 1.66. The monoisotopic (exact) mass is 422 g/mol. The first kappa shape index (κ1) is 22.3. The molecule has 0 saturated carbocycles. The Kier molecular flexibility index (Phi) is 7.18. The maximum Gasteiger partial charge on any atom is 0.416 e. The summed E-state index contributed by atoms with van der Waals surface area (Å²) in [6.07, 6.45) is 0.959. The van der Waals surface area contributed by atoms with E-state index in [9.17, 15) is 18.0 Å². The van der Waals surface area contributed by atoms with Crippen molar-refractivity contribution in [3.63, 3.8) is 0 Å². The average molecular weight is 422 g/mol. The third-order valence-corrected chi connectivity index (χ3v) is 5.65. The predicted molar refractivity (Wildman–Crippen MR) is 109 cm³/mol. The lowest BCUT2D eigenvalue weighted by Gasteiger charge is -2.33. The summed E-state index contributed by atoms with van der Waals surface area (Å²) in [5, 5.41) is 7.35. The van der Waals surface area contributed by atoms with Crippen molar-refractivity contribution in [1.29, 1.82) is 0 Å². The first-order valence-electron chi connectivity index (χ1n) is 10.4. The molecule has 0 radical (unpaired) electrons. The number of nitrogens with one attached hydrogen (secondary N) is 1. The maximum atomic E-state index is 12.8. The van der Waals surface area contributed by atoms with Crippen LogP contribution in [0.2, 0.25) is 0 Å². The number of likely N-dealkylation sites (tertiary alicyclic amines) is 1. The molecular formula is C22H29F3N4O. The number of nitrogens with zero attached hydrogens (tertiary/aromatic N) is 3. The lowest BCUT2D eigenvalue weighted by Crippen LogP contribution is -2.39. The van der Waals surface area contributed by atoms with Crippen molar-refractivity contribution in [2.24, 2.45) is 0 Å². The molecule has 0 bridgehead atoms. The summed E-state index contributed by atoms with van der Waals surface area (Å²) in [6, 6.07) is 5.04. The van der Waals surface area contributed by atoms with Gasteiger partial charge in [-0.2, -0.15) is 18.3 Å². The molecule has 1 unspecified atom stereocenters. The number of hydrogen-bond donors (Lipinski definition) is 1. The van der Waals surface area contributed by atoms with Crippen molar-refractivity contribution in [1.82, 2.24) is 20.0 Å². The molecule has 1 saturated heterocycles. The normalized spacial score (nSPS) is 17.7. The number of aromatic nitrogens is 2. The number of carbonyl (C=O) groups is 1. The third-order valence-electron chi connectivity index (χ3n) is 5.65. The number of hydrogen-bond acceptors (Lipinski definition) is 3. The Morgan fingerprint density at radius 1 is 1.27 bits per heavy atom. The molecule has 30 heavy (non-hydrogen) atoms. The van der Waals surface area contributed by atoms with Gasteiger partial charge in [0.05, 0.1) is 11.8 Å². The van der Waals surface area contributed by atoms with Crippen molar-refractivity contribution in [2.75, 3.05) is 20.1 Å². The number of halogens is 3. The van der Waals surface area contributed by atoms with Crippen molar-refractivity contribution in [2.45, 2.75) is 57.8 Å². The van der Waals surface area contributed by atoms with Gasteiger partial charge in [-0.25, -0.2) is 0 Å². The molecule has 2 heterocycles. The quantitative estimate of drug-likeness (QED) is 0.678. The van der Waals surface area contributed by atoms with Gasteiger partial charge >= 0.3 is 6.18 Å². The molecule has 1 amide bonds. The fourth-order valence-electron chi connectivity index (χ4n) is 3.92.